The third-order valence-electron chi connectivity index (χ3n) is 2.58. The number of aliphatic hydroxyl groups excluding tert-OH is 1. The van der Waals surface area contributed by atoms with Crippen molar-refractivity contribution in [3.63, 3.8) is 0 Å². The van der Waals surface area contributed by atoms with Gasteiger partial charge in [-0.25, -0.2) is 8.42 Å². The second-order valence-corrected chi connectivity index (χ2v) is 5.83. The monoisotopic (exact) mass is 318 g/mol. The number of nitrogens with one attached hydrogen (secondary N) is 1. The van der Waals surface area contributed by atoms with Crippen molar-refractivity contribution in [1.82, 2.24) is 4.72 Å². The Morgan fingerprint density at radius 2 is 1.90 bits per heavy atom. The lowest BCUT2D eigenvalue weighted by Crippen LogP contribution is -2.48. The van der Waals surface area contributed by atoms with Gasteiger partial charge in [-0.3, -0.25) is 14.9 Å². The van der Waals surface area contributed by atoms with E-state index in [0.717, 1.165) is 31.4 Å². The van der Waals surface area contributed by atoms with E-state index in [2.05, 4.69) is 4.74 Å². The highest BCUT2D eigenvalue weighted by Crippen LogP contribution is 2.16. The van der Waals surface area contributed by atoms with Gasteiger partial charge in [0.1, 0.15) is 6.04 Å². The molecule has 0 aromatic heterocycles. The molecule has 0 spiro atoms. The third-order valence-corrected chi connectivity index (χ3v) is 4.03. The molecule has 2 N–H and O–H groups in total. The summed E-state index contributed by atoms with van der Waals surface area (Å²) in [5.74, 6) is -0.949. The summed E-state index contributed by atoms with van der Waals surface area (Å²) >= 11 is 0. The first-order valence-corrected chi connectivity index (χ1v) is 7.20. The van der Waals surface area contributed by atoms with E-state index in [1.54, 1.807) is 0 Å². The van der Waals surface area contributed by atoms with Crippen molar-refractivity contribution in [3.05, 3.63) is 34.4 Å². The molecule has 21 heavy (non-hydrogen) atoms. The average molecular weight is 318 g/mol. The van der Waals surface area contributed by atoms with Gasteiger partial charge >= 0.3 is 5.97 Å². The normalized spacial score (nSPS) is 14.2. The number of benzene rings is 1. The fraction of sp³-hybridized carbons (Fsp3) is 0.364. The Kier molecular flexibility index (Phi) is 5.35. The average Bonchev–Trinajstić information content (AvgIpc) is 2.43. The molecule has 9 nitrogen and oxygen atoms in total. The Bertz CT molecular complexity index is 624. The highest BCUT2D eigenvalue weighted by molar-refractivity contribution is 7.89. The van der Waals surface area contributed by atoms with Crippen molar-refractivity contribution in [2.24, 2.45) is 0 Å². The molecular weight excluding hydrogens is 304 g/mol. The summed E-state index contributed by atoms with van der Waals surface area (Å²) in [6, 6.07) is 2.61. The number of nitro groups is 1. The molecule has 1 aromatic carbocycles. The Morgan fingerprint density at radius 1 is 1.38 bits per heavy atom. The minimum Gasteiger partial charge on any atom is -0.468 e. The molecule has 0 saturated heterocycles. The molecule has 0 saturated carbocycles. The minimum atomic E-state index is -4.14. The van der Waals surface area contributed by atoms with Crippen molar-refractivity contribution >= 4 is 21.7 Å². The summed E-state index contributed by atoms with van der Waals surface area (Å²) < 4.78 is 30.5. The van der Waals surface area contributed by atoms with Gasteiger partial charge < -0.3 is 9.84 Å². The van der Waals surface area contributed by atoms with E-state index in [-0.39, 0.29) is 10.6 Å². The number of carbonyl (C=O) groups is 1. The molecule has 116 valence electrons. The van der Waals surface area contributed by atoms with Crippen LogP contribution in [0.5, 0.6) is 0 Å². The van der Waals surface area contributed by atoms with Crippen LogP contribution in [-0.4, -0.2) is 43.7 Å². The maximum Gasteiger partial charge on any atom is 0.326 e. The van der Waals surface area contributed by atoms with Crippen LogP contribution in [0.1, 0.15) is 6.92 Å². The van der Waals surface area contributed by atoms with E-state index < -0.39 is 33.1 Å². The number of methoxy groups -OCH3 is 1. The van der Waals surface area contributed by atoms with Gasteiger partial charge in [-0.05, 0) is 19.1 Å². The Balaban J connectivity index is 3.04. The molecule has 0 amide bonds. The number of rotatable bonds is 6. The van der Waals surface area contributed by atoms with Crippen molar-refractivity contribution in [2.75, 3.05) is 7.11 Å². The topological polar surface area (TPSA) is 136 Å². The van der Waals surface area contributed by atoms with Crippen LogP contribution in [0.4, 0.5) is 5.69 Å². The highest BCUT2D eigenvalue weighted by Gasteiger charge is 2.30. The Hall–Kier alpha value is -2.04. The number of ether oxygens (including phenoxy) is 1. The molecule has 0 radical (unpaired) electrons. The van der Waals surface area contributed by atoms with Gasteiger partial charge in [-0.15, -0.1) is 0 Å². The van der Waals surface area contributed by atoms with Crippen molar-refractivity contribution in [2.45, 2.75) is 24.0 Å². The van der Waals surface area contributed by atoms with E-state index in [1.165, 1.54) is 6.92 Å². The predicted molar refractivity (Wildman–Crippen MR) is 70.9 cm³/mol. The quantitative estimate of drug-likeness (QED) is 0.421. The zero-order valence-corrected chi connectivity index (χ0v) is 12.0. The molecule has 2 atom stereocenters. The van der Waals surface area contributed by atoms with Crippen molar-refractivity contribution in [3.8, 4) is 0 Å². The summed E-state index contributed by atoms with van der Waals surface area (Å²) in [5, 5.41) is 19.9. The molecule has 2 unspecified atom stereocenters. The lowest BCUT2D eigenvalue weighted by Gasteiger charge is -2.18. The molecule has 1 rings (SSSR count). The highest BCUT2D eigenvalue weighted by atomic mass is 32.2. The van der Waals surface area contributed by atoms with Crippen LogP contribution in [0.2, 0.25) is 0 Å². The number of hydrogen-bond donors (Lipinski definition) is 2. The maximum atomic E-state index is 12.0. The van der Waals surface area contributed by atoms with E-state index in [4.69, 9.17) is 0 Å². The molecular formula is C11H14N2O7S. The molecule has 0 aliphatic rings. The fourth-order valence-electron chi connectivity index (χ4n) is 1.45. The minimum absolute atomic E-state index is 0.269. The molecule has 0 aliphatic carbocycles. The van der Waals surface area contributed by atoms with E-state index >= 15 is 0 Å². The molecule has 1 aromatic rings. The standard InChI is InChI=1S/C11H14N2O7S/c1-7(14)10(11(15)20-2)12-21(18,19)9-5-3-8(4-6-9)13(16)17/h3-7,10,12,14H,1-2H3. The number of nitro benzene ring substituents is 1. The zero-order chi connectivity index (χ0) is 16.2. The number of non-ortho nitro benzene ring substituents is 1. The summed E-state index contributed by atoms with van der Waals surface area (Å²) in [7, 11) is -3.08. The van der Waals surface area contributed by atoms with E-state index in [0.29, 0.717) is 0 Å². The van der Waals surface area contributed by atoms with Crippen LogP contribution in [0.3, 0.4) is 0 Å². The fourth-order valence-corrected chi connectivity index (χ4v) is 2.71. The number of esters is 1. The molecule has 0 fully saturated rings. The van der Waals surface area contributed by atoms with Gasteiger partial charge in [-0.2, -0.15) is 4.72 Å². The Labute approximate surface area is 120 Å². The second kappa shape index (κ2) is 6.61. The van der Waals surface area contributed by atoms with Crippen LogP contribution >= 0.6 is 0 Å². The number of hydrogen-bond acceptors (Lipinski definition) is 7. The Morgan fingerprint density at radius 3 is 2.29 bits per heavy atom. The first kappa shape index (κ1) is 17.0. The molecule has 0 aliphatic heterocycles. The molecule has 10 heteroatoms. The van der Waals surface area contributed by atoms with E-state index in [9.17, 15) is 28.4 Å². The SMILES string of the molecule is COC(=O)C(NS(=O)(=O)c1ccc([N+](=O)[O-])cc1)C(C)O. The first-order valence-electron chi connectivity index (χ1n) is 5.71. The summed E-state index contributed by atoms with van der Waals surface area (Å²) in [6.45, 7) is 1.22. The summed E-state index contributed by atoms with van der Waals surface area (Å²) in [4.78, 5) is 21.0. The summed E-state index contributed by atoms with van der Waals surface area (Å²) in [5.41, 5.74) is -0.269. The van der Waals surface area contributed by atoms with Gasteiger partial charge in [-0.1, -0.05) is 0 Å². The zero-order valence-electron chi connectivity index (χ0n) is 11.2. The smallest absolute Gasteiger partial charge is 0.326 e. The van der Waals surface area contributed by atoms with Crippen molar-refractivity contribution in [1.29, 1.82) is 0 Å². The number of nitrogens with zero attached hydrogens (tertiary/aromatic N) is 1. The summed E-state index contributed by atoms with van der Waals surface area (Å²) in [6.07, 6.45) is -1.31. The van der Waals surface area contributed by atoms with Crippen LogP contribution in [0.15, 0.2) is 29.2 Å². The van der Waals surface area contributed by atoms with Crippen LogP contribution in [-0.2, 0) is 19.6 Å². The lowest BCUT2D eigenvalue weighted by molar-refractivity contribution is -0.384. The van der Waals surface area contributed by atoms with Gasteiger partial charge in [0.2, 0.25) is 10.0 Å². The first-order chi connectivity index (χ1) is 9.69. The second-order valence-electron chi connectivity index (χ2n) is 4.11. The van der Waals surface area contributed by atoms with Crippen molar-refractivity contribution < 1.29 is 28.0 Å². The van der Waals surface area contributed by atoms with E-state index in [1.807, 2.05) is 4.72 Å². The molecule has 0 bridgehead atoms. The number of sulfonamides is 1. The van der Waals surface area contributed by atoms with Gasteiger partial charge in [0.25, 0.3) is 5.69 Å². The number of carbonyl (C=O) groups excluding carboxylic acids is 1. The lowest BCUT2D eigenvalue weighted by atomic mass is 10.2. The van der Waals surface area contributed by atoms with Gasteiger partial charge in [0, 0.05) is 12.1 Å². The van der Waals surface area contributed by atoms with Crippen LogP contribution in [0.25, 0.3) is 0 Å². The van der Waals surface area contributed by atoms with Crippen LogP contribution in [0, 0.1) is 10.1 Å². The van der Waals surface area contributed by atoms with Gasteiger partial charge in [0.15, 0.2) is 0 Å². The largest absolute Gasteiger partial charge is 0.468 e. The van der Waals surface area contributed by atoms with Crippen LogP contribution < -0.4 is 4.72 Å². The number of aliphatic hydroxyl groups is 1. The van der Waals surface area contributed by atoms with Gasteiger partial charge in [0.05, 0.1) is 23.0 Å². The maximum absolute atomic E-state index is 12.0. The third kappa shape index (κ3) is 4.21. The molecule has 0 heterocycles. The predicted octanol–water partition coefficient (Wildman–Crippen LogP) is -0.205.